The topological polar surface area (TPSA) is 193 Å². The molecule has 3 aliphatic heterocycles. The molecule has 21 heteroatoms. The largest absolute Gasteiger partial charge is 0.237 e. The second-order valence-electron chi connectivity index (χ2n) is 32.8. The van der Waals surface area contributed by atoms with Gasteiger partial charge < -0.3 is 0 Å². The predicted octanol–water partition coefficient (Wildman–Crippen LogP) is 30.8. The van der Waals surface area contributed by atoms with Crippen LogP contribution in [0.25, 0.3) is 201 Å². The zero-order valence-electron chi connectivity index (χ0n) is 73.0. The molecule has 0 bridgehead atoms. The molecule has 0 spiro atoms. The Morgan fingerprint density at radius 3 is 0.855 bits per heavy atom. The zero-order chi connectivity index (χ0) is 91.4. The van der Waals surface area contributed by atoms with E-state index >= 15 is 0 Å². The summed E-state index contributed by atoms with van der Waals surface area (Å²) in [6.45, 7) is 0. The van der Waals surface area contributed by atoms with Gasteiger partial charge in [-0.25, -0.2) is 74.8 Å². The maximum absolute atomic E-state index is 5.29. The van der Waals surface area contributed by atoms with Crippen LogP contribution in [0.5, 0.6) is 0 Å². The Morgan fingerprint density at radius 1 is 0.138 bits per heavy atom. The summed E-state index contributed by atoms with van der Waals surface area (Å²) in [5.41, 5.74) is 20.3. The molecule has 18 aromatic carbocycles. The van der Waals surface area contributed by atoms with Crippen LogP contribution >= 0.6 is 70.6 Å². The van der Waals surface area contributed by atoms with E-state index < -0.39 is 0 Å². The van der Waals surface area contributed by atoms with Crippen LogP contribution in [0.1, 0.15) is 0 Å². The van der Waals surface area contributed by atoms with Gasteiger partial charge in [-0.2, -0.15) is 0 Å². The number of hydrogen-bond donors (Lipinski definition) is 0. The lowest BCUT2D eigenvalue weighted by molar-refractivity contribution is 0.955. The smallest absolute Gasteiger partial charge is 0.164 e. The molecule has 3 aliphatic rings. The summed E-state index contributed by atoms with van der Waals surface area (Å²) in [6.07, 6.45) is 0. The van der Waals surface area contributed by atoms with E-state index in [1.165, 1.54) is 34.8 Å². The standard InChI is InChI=1S/3C39H23N5S2/c1-3-12-25(13-4-1)35-42-36(26-14-5-2-6-15-26)44-37(43-35)28-17-9-16-27(23-28)30-19-10-20-32-34(30)46-38-39(45-32)41-33-29-18-8-7-11-24(29)21-22-31(33)40-38;1-3-12-24(13-4-1)35-42-36(25-14-5-2-6-15-25)44-37(43-35)27-17-11-16-26(22-27)30-23-31-34(29-19-8-7-18-28(29)30)41-39-38(40-31)45-32-20-9-10-21-33(32)46-39;1-3-12-24(13-4-1)35-42-36(25-14-5-2-6-15-25)44-37(43-35)28-18-11-17-26(22-28)30-23-27-16-7-8-19-29(27)33-34(30)41-39-38(40-33)45-31-20-9-10-21-32(31)46-39/h3*1-23H. The molecule has 6 aromatic heterocycles. The molecular weight excluding hydrogens is 1810 g/mol. The fourth-order valence-corrected chi connectivity index (χ4v) is 23.8. The van der Waals surface area contributed by atoms with Crippen LogP contribution in [-0.4, -0.2) is 74.8 Å². The van der Waals surface area contributed by atoms with E-state index in [0.717, 1.165) is 174 Å². The lowest BCUT2D eigenvalue weighted by Crippen LogP contribution is -2.00. The molecule has 0 fully saturated rings. The number of nitrogens with zero attached hydrogens (tertiary/aromatic N) is 15. The molecule has 15 nitrogen and oxygen atoms in total. The van der Waals surface area contributed by atoms with E-state index in [1.54, 1.807) is 70.6 Å². The average Bonchev–Trinajstić information content (AvgIpc) is 0.738. The van der Waals surface area contributed by atoms with Crippen molar-refractivity contribution in [2.75, 3.05) is 0 Å². The number of rotatable bonds is 12. The fraction of sp³-hybridized carbons (Fsp3) is 0. The molecule has 0 amide bonds. The van der Waals surface area contributed by atoms with Gasteiger partial charge >= 0.3 is 0 Å². The van der Waals surface area contributed by atoms with Crippen LogP contribution in [0.4, 0.5) is 0 Å². The number of benzene rings is 18. The Balaban J connectivity index is 0.000000110. The average molecular weight is 1880 g/mol. The summed E-state index contributed by atoms with van der Waals surface area (Å²) >= 11 is 10.1. The Bertz CT molecular complexity index is 8760. The van der Waals surface area contributed by atoms with Gasteiger partial charge in [0.05, 0.1) is 33.1 Å². The van der Waals surface area contributed by atoms with E-state index in [2.05, 4.69) is 237 Å². The highest BCUT2D eigenvalue weighted by Gasteiger charge is 2.29. The number of hydrogen-bond acceptors (Lipinski definition) is 21. The first kappa shape index (κ1) is 83.7. The SMILES string of the molecule is c1ccc(-c2nc(-c3ccccc3)nc(-c3cccc(-c4cc5ccccc5c5nc6c(nc45)Sc4ccccc4S6)c3)n2)cc1.c1ccc(-c2nc(-c3ccccc3)nc(-c3cccc(-c4cc5nc6c(nc5c5ccccc45)Sc4ccccc4S6)c3)n2)cc1.c1ccc(-c2nc(-c3ccccc3)nc(-c3cccc(-c4cccc5c4Sc4nc6ccc7ccccc7c6nc4S5)c3)n2)cc1. The van der Waals surface area contributed by atoms with Crippen molar-refractivity contribution in [2.24, 2.45) is 0 Å². The molecule has 138 heavy (non-hydrogen) atoms. The fourth-order valence-electron chi connectivity index (χ4n) is 17.4. The maximum Gasteiger partial charge on any atom is 0.164 e. The van der Waals surface area contributed by atoms with Crippen molar-refractivity contribution in [2.45, 2.75) is 59.5 Å². The van der Waals surface area contributed by atoms with Crippen molar-refractivity contribution in [3.8, 4) is 136 Å². The minimum Gasteiger partial charge on any atom is -0.237 e. The van der Waals surface area contributed by atoms with Crippen molar-refractivity contribution in [1.82, 2.24) is 74.8 Å². The van der Waals surface area contributed by atoms with Crippen molar-refractivity contribution in [3.05, 3.63) is 419 Å². The molecule has 0 N–H and O–H groups in total. The normalized spacial score (nSPS) is 12.2. The van der Waals surface area contributed by atoms with E-state index in [1.807, 2.05) is 182 Å². The molecule has 0 unspecified atom stereocenters. The lowest BCUT2D eigenvalue weighted by Gasteiger charge is -2.20. The quantitative estimate of drug-likeness (QED) is 0.105. The minimum atomic E-state index is 0.617. The highest BCUT2D eigenvalue weighted by atomic mass is 32.2. The Morgan fingerprint density at radius 2 is 0.420 bits per heavy atom. The van der Waals surface area contributed by atoms with Crippen LogP contribution in [0, 0.1) is 0 Å². The third-order valence-electron chi connectivity index (χ3n) is 24.0. The third kappa shape index (κ3) is 16.6. The Labute approximate surface area is 818 Å². The molecule has 0 aliphatic carbocycles. The third-order valence-corrected chi connectivity index (χ3v) is 31.2. The van der Waals surface area contributed by atoms with Gasteiger partial charge in [-0.1, -0.05) is 422 Å². The second-order valence-corrected chi connectivity index (χ2v) is 39.0. The van der Waals surface area contributed by atoms with Gasteiger partial charge in [0.2, 0.25) is 0 Å². The molecule has 9 heterocycles. The number of fused-ring (bicyclic) bond motifs is 15. The first-order valence-electron chi connectivity index (χ1n) is 44.8. The summed E-state index contributed by atoms with van der Waals surface area (Å²) in [5, 5.41) is 12.4. The van der Waals surface area contributed by atoms with Gasteiger partial charge in [-0.15, -0.1) is 0 Å². The molecule has 0 saturated carbocycles. The second kappa shape index (κ2) is 36.6. The summed E-state index contributed by atoms with van der Waals surface area (Å²) in [6, 6.07) is 143. The van der Waals surface area contributed by atoms with E-state index in [9.17, 15) is 0 Å². The molecule has 27 rings (SSSR count). The molecule has 24 aromatic rings. The Kier molecular flexibility index (Phi) is 22.2. The summed E-state index contributed by atoms with van der Waals surface area (Å²) in [5.74, 6) is 5.73. The van der Waals surface area contributed by atoms with Gasteiger partial charge in [0, 0.05) is 101 Å². The molecule has 648 valence electrons. The van der Waals surface area contributed by atoms with Crippen molar-refractivity contribution >= 4 is 136 Å². The van der Waals surface area contributed by atoms with Gasteiger partial charge in [0.1, 0.15) is 30.2 Å². The van der Waals surface area contributed by atoms with Crippen LogP contribution < -0.4 is 0 Å². The van der Waals surface area contributed by atoms with Crippen molar-refractivity contribution in [1.29, 1.82) is 0 Å². The van der Waals surface area contributed by atoms with Crippen LogP contribution in [0.15, 0.2) is 478 Å². The highest BCUT2D eigenvalue weighted by molar-refractivity contribution is 8.06. The van der Waals surface area contributed by atoms with Gasteiger partial charge in [0.25, 0.3) is 0 Å². The Hall–Kier alpha value is -16.1. The summed E-state index contributed by atoms with van der Waals surface area (Å²) < 4.78 is 0. The zero-order valence-corrected chi connectivity index (χ0v) is 77.9. The van der Waals surface area contributed by atoms with Gasteiger partial charge in [-0.3, -0.25) is 0 Å². The van der Waals surface area contributed by atoms with E-state index in [-0.39, 0.29) is 0 Å². The maximum atomic E-state index is 5.29. The van der Waals surface area contributed by atoms with Gasteiger partial charge in [0.15, 0.2) is 52.4 Å². The summed E-state index contributed by atoms with van der Waals surface area (Å²) in [7, 11) is 0. The van der Waals surface area contributed by atoms with Crippen molar-refractivity contribution in [3.63, 3.8) is 0 Å². The van der Waals surface area contributed by atoms with Crippen LogP contribution in [0.3, 0.4) is 0 Å². The van der Waals surface area contributed by atoms with E-state index in [4.69, 9.17) is 74.8 Å². The predicted molar refractivity (Wildman–Crippen MR) is 561 cm³/mol. The monoisotopic (exact) mass is 1880 g/mol. The van der Waals surface area contributed by atoms with Crippen LogP contribution in [-0.2, 0) is 0 Å². The first-order valence-corrected chi connectivity index (χ1v) is 49.7. The molecule has 0 radical (unpaired) electrons. The lowest BCUT2D eigenvalue weighted by atomic mass is 9.95. The highest BCUT2D eigenvalue weighted by Crippen LogP contribution is 2.54. The first-order chi connectivity index (χ1) is 68.3. The van der Waals surface area contributed by atoms with Crippen LogP contribution in [0.2, 0.25) is 0 Å². The molecule has 0 atom stereocenters. The molecule has 0 saturated heterocycles. The van der Waals surface area contributed by atoms with Crippen molar-refractivity contribution < 1.29 is 0 Å². The van der Waals surface area contributed by atoms with Gasteiger partial charge in [-0.05, 0) is 111 Å². The number of aromatic nitrogens is 15. The molecular formula is C117H69N15S6. The minimum absolute atomic E-state index is 0.617. The summed E-state index contributed by atoms with van der Waals surface area (Å²) in [4.78, 5) is 82.6. The van der Waals surface area contributed by atoms with E-state index in [0.29, 0.717) is 52.4 Å².